The lowest BCUT2D eigenvalue weighted by Gasteiger charge is -2.30. The Bertz CT molecular complexity index is 449. The van der Waals surface area contributed by atoms with Crippen LogP contribution in [0.4, 0.5) is 10.5 Å². The minimum absolute atomic E-state index is 0.207. The number of hydrogen-bond donors (Lipinski definition) is 1. The fraction of sp³-hybridized carbons (Fsp3) is 0.500. The van der Waals surface area contributed by atoms with Crippen molar-refractivity contribution in [3.05, 3.63) is 24.3 Å². The van der Waals surface area contributed by atoms with Gasteiger partial charge in [0.25, 0.3) is 0 Å². The average molecular weight is 247 g/mol. The maximum atomic E-state index is 12.0. The fourth-order valence-corrected chi connectivity index (χ4v) is 2.91. The van der Waals surface area contributed by atoms with Crippen LogP contribution in [0.1, 0.15) is 32.1 Å². The number of ether oxygens (including phenoxy) is 1. The van der Waals surface area contributed by atoms with Gasteiger partial charge in [0, 0.05) is 5.69 Å². The van der Waals surface area contributed by atoms with Crippen LogP contribution < -0.4 is 4.90 Å². The molecular weight excluding hydrogens is 230 g/mol. The highest BCUT2D eigenvalue weighted by Gasteiger charge is 2.46. The largest absolute Gasteiger partial charge is 0.508 e. The van der Waals surface area contributed by atoms with Crippen molar-refractivity contribution >= 4 is 11.8 Å². The Hall–Kier alpha value is -1.71. The van der Waals surface area contributed by atoms with E-state index >= 15 is 0 Å². The van der Waals surface area contributed by atoms with Crippen LogP contribution in [0, 0.1) is 0 Å². The van der Waals surface area contributed by atoms with Gasteiger partial charge in [0.2, 0.25) is 0 Å². The number of benzene rings is 1. The third-order valence-corrected chi connectivity index (χ3v) is 3.90. The number of hydrogen-bond acceptors (Lipinski definition) is 3. The zero-order valence-corrected chi connectivity index (χ0v) is 10.3. The summed E-state index contributed by atoms with van der Waals surface area (Å²) >= 11 is 0. The molecule has 0 radical (unpaired) electrons. The predicted molar refractivity (Wildman–Crippen MR) is 67.7 cm³/mol. The van der Waals surface area contributed by atoms with E-state index in [1.54, 1.807) is 29.2 Å². The molecule has 1 spiro atoms. The molecule has 0 unspecified atom stereocenters. The molecule has 96 valence electrons. The third kappa shape index (κ3) is 1.92. The zero-order valence-electron chi connectivity index (χ0n) is 10.3. The number of aromatic hydroxyl groups is 1. The second kappa shape index (κ2) is 4.19. The van der Waals surface area contributed by atoms with E-state index in [0.717, 1.165) is 31.4 Å². The van der Waals surface area contributed by atoms with Gasteiger partial charge in [0.1, 0.15) is 11.4 Å². The summed E-state index contributed by atoms with van der Waals surface area (Å²) in [6.45, 7) is 0.636. The summed E-state index contributed by atoms with van der Waals surface area (Å²) in [5, 5.41) is 9.27. The van der Waals surface area contributed by atoms with Crippen molar-refractivity contribution in [2.45, 2.75) is 37.7 Å². The van der Waals surface area contributed by atoms with Crippen LogP contribution in [-0.2, 0) is 4.74 Å². The molecule has 4 nitrogen and oxygen atoms in total. The topological polar surface area (TPSA) is 49.8 Å². The Labute approximate surface area is 106 Å². The predicted octanol–water partition coefficient (Wildman–Crippen LogP) is 3.05. The summed E-state index contributed by atoms with van der Waals surface area (Å²) in [5.41, 5.74) is 0.521. The van der Waals surface area contributed by atoms with Crippen molar-refractivity contribution in [3.8, 4) is 5.75 Å². The summed E-state index contributed by atoms with van der Waals surface area (Å²) in [6.07, 6.45) is 5.18. The lowest BCUT2D eigenvalue weighted by molar-refractivity contribution is 0.0260. The van der Waals surface area contributed by atoms with Gasteiger partial charge in [-0.15, -0.1) is 0 Å². The second-order valence-corrected chi connectivity index (χ2v) is 5.21. The second-order valence-electron chi connectivity index (χ2n) is 5.21. The van der Waals surface area contributed by atoms with Gasteiger partial charge in [-0.1, -0.05) is 6.42 Å². The van der Waals surface area contributed by atoms with Crippen LogP contribution in [0.2, 0.25) is 0 Å². The van der Waals surface area contributed by atoms with E-state index < -0.39 is 0 Å². The average Bonchev–Trinajstić information content (AvgIpc) is 2.68. The Balaban J connectivity index is 1.82. The smallest absolute Gasteiger partial charge is 0.415 e. The molecule has 1 aromatic rings. The molecule has 1 saturated heterocycles. The molecular formula is C14H17NO3. The quantitative estimate of drug-likeness (QED) is 0.829. The van der Waals surface area contributed by atoms with Crippen LogP contribution in [-0.4, -0.2) is 23.3 Å². The van der Waals surface area contributed by atoms with Crippen molar-refractivity contribution in [2.24, 2.45) is 0 Å². The molecule has 1 N–H and O–H groups in total. The van der Waals surface area contributed by atoms with Crippen LogP contribution in [0.5, 0.6) is 5.75 Å². The highest BCUT2D eigenvalue weighted by molar-refractivity contribution is 5.90. The Morgan fingerprint density at radius 3 is 2.44 bits per heavy atom. The standard InChI is InChI=1S/C14H17NO3/c16-12-6-4-11(5-7-12)15-10-14(18-13(15)17)8-2-1-3-9-14/h4-7,16H,1-3,8-10H2. The van der Waals surface area contributed by atoms with Crippen molar-refractivity contribution in [2.75, 3.05) is 11.4 Å². The van der Waals surface area contributed by atoms with Crippen molar-refractivity contribution < 1.29 is 14.6 Å². The van der Waals surface area contributed by atoms with E-state index in [0.29, 0.717) is 6.54 Å². The molecule has 2 fully saturated rings. The molecule has 0 atom stereocenters. The first-order valence-electron chi connectivity index (χ1n) is 6.48. The first-order valence-corrected chi connectivity index (χ1v) is 6.48. The lowest BCUT2D eigenvalue weighted by atomic mass is 9.85. The van der Waals surface area contributed by atoms with E-state index in [9.17, 15) is 9.90 Å². The highest BCUT2D eigenvalue weighted by atomic mass is 16.6. The van der Waals surface area contributed by atoms with Gasteiger partial charge < -0.3 is 9.84 Å². The summed E-state index contributed by atoms with van der Waals surface area (Å²) in [4.78, 5) is 13.6. The van der Waals surface area contributed by atoms with Gasteiger partial charge in [0.15, 0.2) is 0 Å². The number of phenols is 1. The molecule has 1 amide bonds. The van der Waals surface area contributed by atoms with Crippen LogP contribution >= 0.6 is 0 Å². The molecule has 0 aromatic heterocycles. The molecule has 3 rings (SSSR count). The normalized spacial score (nSPS) is 22.2. The molecule has 18 heavy (non-hydrogen) atoms. The molecule has 0 bridgehead atoms. The van der Waals surface area contributed by atoms with Gasteiger partial charge >= 0.3 is 6.09 Å². The third-order valence-electron chi connectivity index (χ3n) is 3.90. The molecule has 1 aromatic carbocycles. The Kier molecular flexibility index (Phi) is 2.65. The van der Waals surface area contributed by atoms with E-state index in [2.05, 4.69) is 0 Å². The van der Waals surface area contributed by atoms with E-state index in [-0.39, 0.29) is 17.4 Å². The molecule has 1 aliphatic carbocycles. The molecule has 1 aliphatic heterocycles. The van der Waals surface area contributed by atoms with Gasteiger partial charge in [-0.3, -0.25) is 4.90 Å². The van der Waals surface area contributed by atoms with Crippen molar-refractivity contribution in [1.29, 1.82) is 0 Å². The molecule has 2 aliphatic rings. The molecule has 1 heterocycles. The highest BCUT2D eigenvalue weighted by Crippen LogP contribution is 2.38. The summed E-state index contributed by atoms with van der Waals surface area (Å²) < 4.78 is 5.61. The Morgan fingerprint density at radius 2 is 1.78 bits per heavy atom. The first-order chi connectivity index (χ1) is 8.69. The molecule has 4 heteroatoms. The van der Waals surface area contributed by atoms with E-state index in [4.69, 9.17) is 4.74 Å². The van der Waals surface area contributed by atoms with Crippen LogP contribution in [0.15, 0.2) is 24.3 Å². The minimum atomic E-state index is -0.271. The number of nitrogens with zero attached hydrogens (tertiary/aromatic N) is 1. The van der Waals surface area contributed by atoms with E-state index in [1.807, 2.05) is 0 Å². The molecule has 1 saturated carbocycles. The summed E-state index contributed by atoms with van der Waals surface area (Å²) in [6, 6.07) is 6.68. The summed E-state index contributed by atoms with van der Waals surface area (Å²) in [7, 11) is 0. The maximum Gasteiger partial charge on any atom is 0.415 e. The number of carbonyl (C=O) groups is 1. The number of carbonyl (C=O) groups excluding carboxylic acids is 1. The van der Waals surface area contributed by atoms with Gasteiger partial charge in [-0.2, -0.15) is 0 Å². The lowest BCUT2D eigenvalue weighted by Crippen LogP contribution is -2.36. The monoisotopic (exact) mass is 247 g/mol. The van der Waals surface area contributed by atoms with Crippen LogP contribution in [0.3, 0.4) is 0 Å². The SMILES string of the molecule is O=C1OC2(CCCCC2)CN1c1ccc(O)cc1. The zero-order chi connectivity index (χ0) is 12.6. The summed E-state index contributed by atoms with van der Waals surface area (Å²) in [5.74, 6) is 0.207. The first kappa shape index (κ1) is 11.4. The fourth-order valence-electron chi connectivity index (χ4n) is 2.91. The van der Waals surface area contributed by atoms with Crippen LogP contribution in [0.25, 0.3) is 0 Å². The number of anilines is 1. The Morgan fingerprint density at radius 1 is 1.11 bits per heavy atom. The van der Waals surface area contributed by atoms with Gasteiger partial charge in [0.05, 0.1) is 6.54 Å². The number of rotatable bonds is 1. The van der Waals surface area contributed by atoms with Gasteiger partial charge in [-0.05, 0) is 49.9 Å². The number of amides is 1. The minimum Gasteiger partial charge on any atom is -0.508 e. The van der Waals surface area contributed by atoms with Crippen molar-refractivity contribution in [1.82, 2.24) is 0 Å². The van der Waals surface area contributed by atoms with Gasteiger partial charge in [-0.25, -0.2) is 4.79 Å². The van der Waals surface area contributed by atoms with E-state index in [1.165, 1.54) is 6.42 Å². The number of phenolic OH excluding ortho intramolecular Hbond substituents is 1. The van der Waals surface area contributed by atoms with Crippen molar-refractivity contribution in [3.63, 3.8) is 0 Å². The maximum absolute atomic E-state index is 12.0.